The number of benzene rings is 1. The van der Waals surface area contributed by atoms with Crippen LogP contribution in [0.4, 0.5) is 16.2 Å². The highest BCUT2D eigenvalue weighted by molar-refractivity contribution is 5.89. The number of aliphatic hydroxyl groups excluding tert-OH is 6. The summed E-state index contributed by atoms with van der Waals surface area (Å²) in [5, 5.41) is 67.3. The molecule has 9 atom stereocenters. The molecule has 2 amide bonds. The van der Waals surface area contributed by atoms with Gasteiger partial charge in [-0.1, -0.05) is 0 Å². The molecule has 2 heterocycles. The second-order valence-electron chi connectivity index (χ2n) is 7.22. The predicted molar refractivity (Wildman–Crippen MR) is 103 cm³/mol. The number of amides is 2. The monoisotopic (exact) mass is 445 g/mol. The molecule has 9 unspecified atom stereocenters. The number of ether oxygens (including phenoxy) is 3. The van der Waals surface area contributed by atoms with Gasteiger partial charge in [-0.25, -0.2) is 4.79 Å². The van der Waals surface area contributed by atoms with Crippen molar-refractivity contribution in [2.45, 2.75) is 62.0 Å². The summed E-state index contributed by atoms with van der Waals surface area (Å²) < 4.78 is 15.6. The van der Waals surface area contributed by atoms with Gasteiger partial charge in [-0.15, -0.1) is 0 Å². The zero-order chi connectivity index (χ0) is 22.7. The third kappa shape index (κ3) is 5.60. The topological polar surface area (TPSA) is 202 Å². The van der Waals surface area contributed by atoms with Gasteiger partial charge >= 0.3 is 6.03 Å². The Morgan fingerprint density at radius 2 is 1.58 bits per heavy atom. The highest BCUT2D eigenvalue weighted by atomic mass is 16.8. The van der Waals surface area contributed by atoms with Gasteiger partial charge in [0.15, 0.2) is 25.1 Å². The van der Waals surface area contributed by atoms with E-state index in [0.29, 0.717) is 11.4 Å². The molecule has 0 radical (unpaired) electrons. The van der Waals surface area contributed by atoms with Crippen molar-refractivity contribution in [1.29, 1.82) is 0 Å². The number of carbonyl (C=O) groups excluding carboxylic acids is 1. The zero-order valence-electron chi connectivity index (χ0n) is 16.5. The maximum atomic E-state index is 11.3. The van der Waals surface area contributed by atoms with E-state index in [0.717, 1.165) is 0 Å². The highest BCUT2D eigenvalue weighted by Crippen LogP contribution is 2.28. The molecule has 0 bridgehead atoms. The lowest BCUT2D eigenvalue weighted by atomic mass is 10.0. The Bertz CT molecular complexity index is 738. The number of hydrogen-bond acceptors (Lipinski definition) is 11. The van der Waals surface area contributed by atoms with Crippen LogP contribution in [0.1, 0.15) is 6.42 Å². The first-order chi connectivity index (χ1) is 14.7. The summed E-state index contributed by atoms with van der Waals surface area (Å²) in [6.07, 6.45) is -13.5. The lowest BCUT2D eigenvalue weighted by Gasteiger charge is -2.42. The SMILES string of the molecule is CNC(=O)Nc1ccc(NC2OC(O)C(OC3OC(O)C(O)C(O)C3O)CC2O)cc1. The molecule has 3 rings (SSSR count). The summed E-state index contributed by atoms with van der Waals surface area (Å²) in [5.41, 5.74) is 1.09. The van der Waals surface area contributed by atoms with Crippen molar-refractivity contribution < 1.29 is 49.6 Å². The van der Waals surface area contributed by atoms with E-state index in [4.69, 9.17) is 14.2 Å². The van der Waals surface area contributed by atoms with Crippen LogP contribution in [-0.2, 0) is 14.2 Å². The molecule has 2 saturated heterocycles. The molecule has 13 heteroatoms. The van der Waals surface area contributed by atoms with Crippen LogP contribution in [0.5, 0.6) is 0 Å². The third-order valence-electron chi connectivity index (χ3n) is 4.96. The number of anilines is 2. The van der Waals surface area contributed by atoms with Gasteiger partial charge in [-0.05, 0) is 24.3 Å². The van der Waals surface area contributed by atoms with Crippen LogP contribution < -0.4 is 16.0 Å². The normalized spacial score (nSPS) is 38.4. The summed E-state index contributed by atoms with van der Waals surface area (Å²) in [6.45, 7) is 0. The van der Waals surface area contributed by atoms with Crippen LogP contribution in [0.3, 0.4) is 0 Å². The van der Waals surface area contributed by atoms with Crippen LogP contribution in [-0.4, -0.2) is 99.3 Å². The zero-order valence-corrected chi connectivity index (χ0v) is 16.5. The Morgan fingerprint density at radius 1 is 0.935 bits per heavy atom. The van der Waals surface area contributed by atoms with E-state index >= 15 is 0 Å². The Balaban J connectivity index is 1.55. The van der Waals surface area contributed by atoms with Crippen molar-refractivity contribution in [2.24, 2.45) is 0 Å². The average Bonchev–Trinajstić information content (AvgIpc) is 2.75. The fourth-order valence-electron chi connectivity index (χ4n) is 3.18. The van der Waals surface area contributed by atoms with Gasteiger partial charge in [0.05, 0.1) is 0 Å². The maximum absolute atomic E-state index is 11.3. The summed E-state index contributed by atoms with van der Waals surface area (Å²) in [5.74, 6) is 0. The fourth-order valence-corrected chi connectivity index (χ4v) is 3.18. The first-order valence-corrected chi connectivity index (χ1v) is 9.59. The van der Waals surface area contributed by atoms with Crippen LogP contribution in [0.15, 0.2) is 24.3 Å². The Labute approximate surface area is 177 Å². The smallest absolute Gasteiger partial charge is 0.318 e. The Morgan fingerprint density at radius 3 is 2.23 bits per heavy atom. The van der Waals surface area contributed by atoms with Crippen LogP contribution >= 0.6 is 0 Å². The molecule has 174 valence electrons. The Hall–Kier alpha value is -2.07. The van der Waals surface area contributed by atoms with Crippen LogP contribution in [0.2, 0.25) is 0 Å². The maximum Gasteiger partial charge on any atom is 0.318 e. The molecular formula is C18H27N3O10. The molecule has 0 spiro atoms. The highest BCUT2D eigenvalue weighted by Gasteiger charge is 2.46. The van der Waals surface area contributed by atoms with Gasteiger partial charge in [-0.2, -0.15) is 0 Å². The Kier molecular flexibility index (Phi) is 7.64. The largest absolute Gasteiger partial charge is 0.388 e. The van der Waals surface area contributed by atoms with Crippen LogP contribution in [0, 0.1) is 0 Å². The van der Waals surface area contributed by atoms with Crippen molar-refractivity contribution in [1.82, 2.24) is 5.32 Å². The van der Waals surface area contributed by atoms with Crippen molar-refractivity contribution in [2.75, 3.05) is 17.7 Å². The molecule has 31 heavy (non-hydrogen) atoms. The van der Waals surface area contributed by atoms with E-state index < -0.39 is 55.6 Å². The van der Waals surface area contributed by atoms with Crippen molar-refractivity contribution in [3.63, 3.8) is 0 Å². The fraction of sp³-hybridized carbons (Fsp3) is 0.611. The first-order valence-electron chi connectivity index (χ1n) is 9.59. The standard InChI is InChI=1S/C18H27N3O10/c1-19-18(28)21-8-4-2-7(3-5-8)20-14-9(22)6-10(15(26)30-14)29-17-13(25)11(23)12(24)16(27)31-17/h2-5,9-17,20,22-27H,6H2,1H3,(H2,19,21,28). The molecule has 2 fully saturated rings. The minimum atomic E-state index is -1.80. The molecule has 0 aromatic heterocycles. The lowest BCUT2D eigenvalue weighted by Crippen LogP contribution is -2.60. The molecule has 0 saturated carbocycles. The second kappa shape index (κ2) is 10.0. The van der Waals surface area contributed by atoms with E-state index in [1.807, 2.05) is 0 Å². The van der Waals surface area contributed by atoms with Crippen molar-refractivity contribution in [3.8, 4) is 0 Å². The number of carbonyl (C=O) groups is 1. The summed E-state index contributed by atoms with van der Waals surface area (Å²) >= 11 is 0. The van der Waals surface area contributed by atoms with E-state index in [1.165, 1.54) is 7.05 Å². The molecule has 0 aliphatic carbocycles. The average molecular weight is 445 g/mol. The summed E-state index contributed by atoms with van der Waals surface area (Å²) in [6, 6.07) is 6.15. The van der Waals surface area contributed by atoms with Gasteiger partial charge in [-0.3, -0.25) is 0 Å². The van der Waals surface area contributed by atoms with E-state index in [1.54, 1.807) is 24.3 Å². The number of hydrogen-bond donors (Lipinski definition) is 9. The lowest BCUT2D eigenvalue weighted by molar-refractivity contribution is -0.368. The van der Waals surface area contributed by atoms with Gasteiger partial charge in [0.2, 0.25) is 0 Å². The van der Waals surface area contributed by atoms with E-state index in [9.17, 15) is 35.4 Å². The molecule has 2 aliphatic rings. The van der Waals surface area contributed by atoms with Crippen molar-refractivity contribution >= 4 is 17.4 Å². The molecule has 9 N–H and O–H groups in total. The van der Waals surface area contributed by atoms with E-state index in [-0.39, 0.29) is 12.5 Å². The molecular weight excluding hydrogens is 418 g/mol. The van der Waals surface area contributed by atoms with Crippen molar-refractivity contribution in [3.05, 3.63) is 24.3 Å². The number of urea groups is 1. The summed E-state index contributed by atoms with van der Waals surface area (Å²) in [4.78, 5) is 11.3. The van der Waals surface area contributed by atoms with Gasteiger partial charge in [0.25, 0.3) is 0 Å². The second-order valence-corrected chi connectivity index (χ2v) is 7.22. The predicted octanol–water partition coefficient (Wildman–Crippen LogP) is -2.58. The quantitative estimate of drug-likeness (QED) is 0.230. The number of nitrogens with one attached hydrogen (secondary N) is 3. The van der Waals surface area contributed by atoms with Crippen LogP contribution in [0.25, 0.3) is 0 Å². The van der Waals surface area contributed by atoms with Gasteiger partial charge < -0.3 is 60.8 Å². The number of rotatable bonds is 5. The molecule has 13 nitrogen and oxygen atoms in total. The molecule has 1 aromatic carbocycles. The van der Waals surface area contributed by atoms with Gasteiger partial charge in [0.1, 0.15) is 30.5 Å². The first kappa shape index (κ1) is 23.6. The summed E-state index contributed by atoms with van der Waals surface area (Å²) in [7, 11) is 1.49. The number of aliphatic hydroxyl groups is 6. The third-order valence-corrected chi connectivity index (χ3v) is 4.96. The van der Waals surface area contributed by atoms with Gasteiger partial charge in [0, 0.05) is 24.8 Å². The molecule has 1 aromatic rings. The minimum Gasteiger partial charge on any atom is -0.388 e. The van der Waals surface area contributed by atoms with E-state index in [2.05, 4.69) is 16.0 Å². The molecule has 2 aliphatic heterocycles. The minimum absolute atomic E-state index is 0.129.